The molecule has 0 aromatic heterocycles. The smallest absolute Gasteiger partial charge is 0.256 e. The number of anilines is 1. The summed E-state index contributed by atoms with van der Waals surface area (Å²) in [6, 6.07) is 10.8. The predicted octanol–water partition coefficient (Wildman–Crippen LogP) is 1.69. The minimum absolute atomic E-state index is 0.137. The van der Waals surface area contributed by atoms with Crippen LogP contribution in [-0.4, -0.2) is 69.8 Å². The molecule has 1 fully saturated rings. The molecule has 1 aliphatic heterocycles. The molecule has 3 rings (SSSR count). The van der Waals surface area contributed by atoms with E-state index in [0.29, 0.717) is 26.2 Å². The lowest BCUT2D eigenvalue weighted by Crippen LogP contribution is -2.50. The number of benzene rings is 2. The van der Waals surface area contributed by atoms with Gasteiger partial charge in [-0.05, 0) is 43.3 Å². The molecule has 0 atom stereocenters. The van der Waals surface area contributed by atoms with E-state index in [0.717, 1.165) is 35.9 Å². The van der Waals surface area contributed by atoms with E-state index in [1.54, 1.807) is 0 Å². The van der Waals surface area contributed by atoms with Gasteiger partial charge in [-0.2, -0.15) is 0 Å². The number of carbonyl (C=O) groups excluding carboxylic acids is 2. The summed E-state index contributed by atoms with van der Waals surface area (Å²) < 4.78 is 40.4. The minimum Gasteiger partial charge on any atom is -0.336 e. The molecular weight excluding hydrogens is 435 g/mol. The zero-order chi connectivity index (χ0) is 23.3. The fourth-order valence-corrected chi connectivity index (χ4v) is 4.33. The van der Waals surface area contributed by atoms with E-state index in [4.69, 9.17) is 0 Å². The van der Waals surface area contributed by atoms with Crippen LogP contribution in [0, 0.1) is 5.82 Å². The highest BCUT2D eigenvalue weighted by Crippen LogP contribution is 2.18. The van der Waals surface area contributed by atoms with E-state index in [1.807, 2.05) is 36.1 Å². The fraction of sp³-hybridized carbons (Fsp3) is 0.364. The highest BCUT2D eigenvalue weighted by atomic mass is 32.2. The van der Waals surface area contributed by atoms with Crippen molar-refractivity contribution in [1.29, 1.82) is 0 Å². The average molecular weight is 463 g/mol. The second kappa shape index (κ2) is 10.2. The lowest BCUT2D eigenvalue weighted by molar-refractivity contribution is -0.117. The molecule has 2 aromatic rings. The Labute approximate surface area is 187 Å². The Morgan fingerprint density at radius 2 is 1.75 bits per heavy atom. The number of hydrogen-bond donors (Lipinski definition) is 2. The number of sulfonamides is 1. The molecule has 1 aliphatic rings. The van der Waals surface area contributed by atoms with Crippen LogP contribution in [0.15, 0.2) is 47.4 Å². The van der Waals surface area contributed by atoms with Gasteiger partial charge in [0, 0.05) is 31.9 Å². The van der Waals surface area contributed by atoms with Crippen LogP contribution in [0.4, 0.5) is 10.1 Å². The van der Waals surface area contributed by atoms with Crippen molar-refractivity contribution in [3.05, 3.63) is 59.4 Å². The van der Waals surface area contributed by atoms with Gasteiger partial charge in [0.15, 0.2) is 0 Å². The van der Waals surface area contributed by atoms with Crippen molar-refractivity contribution in [3.8, 4) is 0 Å². The van der Waals surface area contributed by atoms with Crippen molar-refractivity contribution in [2.24, 2.45) is 0 Å². The maximum Gasteiger partial charge on any atom is 0.256 e. The number of nitrogens with zero attached hydrogens (tertiary/aromatic N) is 2. The molecule has 10 heteroatoms. The van der Waals surface area contributed by atoms with Gasteiger partial charge >= 0.3 is 0 Å². The van der Waals surface area contributed by atoms with Gasteiger partial charge in [-0.1, -0.05) is 25.1 Å². The number of nitrogens with one attached hydrogen (secondary N) is 2. The van der Waals surface area contributed by atoms with Crippen molar-refractivity contribution in [2.45, 2.75) is 18.2 Å². The third kappa shape index (κ3) is 5.50. The molecule has 8 nitrogen and oxygen atoms in total. The molecule has 0 unspecified atom stereocenters. The Morgan fingerprint density at radius 1 is 1.06 bits per heavy atom. The normalized spacial score (nSPS) is 14.9. The first-order valence-electron chi connectivity index (χ1n) is 10.4. The second-order valence-electron chi connectivity index (χ2n) is 7.48. The van der Waals surface area contributed by atoms with Gasteiger partial charge in [0.25, 0.3) is 5.91 Å². The molecule has 1 heterocycles. The number of carbonyl (C=O) groups is 2. The van der Waals surface area contributed by atoms with E-state index in [9.17, 15) is 22.4 Å². The molecule has 0 saturated carbocycles. The van der Waals surface area contributed by atoms with Crippen LogP contribution in [0.3, 0.4) is 0 Å². The summed E-state index contributed by atoms with van der Waals surface area (Å²) in [7, 11) is -2.55. The third-order valence-electron chi connectivity index (χ3n) is 5.45. The lowest BCUT2D eigenvalue weighted by Gasteiger charge is -2.34. The van der Waals surface area contributed by atoms with Gasteiger partial charge in [-0.15, -0.1) is 0 Å². The molecule has 0 spiro atoms. The van der Waals surface area contributed by atoms with Gasteiger partial charge in [-0.3, -0.25) is 14.5 Å². The lowest BCUT2D eigenvalue weighted by atomic mass is 10.1. The van der Waals surface area contributed by atoms with Crippen LogP contribution < -0.4 is 10.0 Å². The van der Waals surface area contributed by atoms with E-state index in [1.165, 1.54) is 11.9 Å². The summed E-state index contributed by atoms with van der Waals surface area (Å²) in [5, 5.41) is 2.93. The highest BCUT2D eigenvalue weighted by molar-refractivity contribution is 7.89. The summed E-state index contributed by atoms with van der Waals surface area (Å²) in [4.78, 5) is 28.5. The van der Waals surface area contributed by atoms with Crippen molar-refractivity contribution in [2.75, 3.05) is 45.1 Å². The molecule has 2 amide bonds. The zero-order valence-electron chi connectivity index (χ0n) is 18.1. The molecular formula is C22H27FN4O4S. The number of halogens is 1. The first-order valence-corrected chi connectivity index (χ1v) is 11.9. The van der Waals surface area contributed by atoms with Gasteiger partial charge in [0.2, 0.25) is 15.9 Å². The Bertz CT molecular complexity index is 1100. The SMILES string of the molecule is CCc1ccccc1NC(=O)CN1CCN(C(=O)c2cc(S(=O)(=O)NC)ccc2F)CC1. The number of amides is 2. The van der Waals surface area contributed by atoms with Crippen molar-refractivity contribution < 1.29 is 22.4 Å². The van der Waals surface area contributed by atoms with Crippen LogP contribution >= 0.6 is 0 Å². The van der Waals surface area contributed by atoms with Crippen LogP contribution in [0.2, 0.25) is 0 Å². The molecule has 172 valence electrons. The second-order valence-corrected chi connectivity index (χ2v) is 9.36. The van der Waals surface area contributed by atoms with E-state index in [-0.39, 0.29) is 22.9 Å². The topological polar surface area (TPSA) is 98.8 Å². The number of piperazine rings is 1. The molecule has 0 aliphatic carbocycles. The quantitative estimate of drug-likeness (QED) is 0.653. The summed E-state index contributed by atoms with van der Waals surface area (Å²) in [6.07, 6.45) is 0.810. The largest absolute Gasteiger partial charge is 0.336 e. The molecule has 0 radical (unpaired) electrons. The molecule has 2 N–H and O–H groups in total. The average Bonchev–Trinajstić information content (AvgIpc) is 2.79. The maximum atomic E-state index is 14.3. The summed E-state index contributed by atoms with van der Waals surface area (Å²) in [6.45, 7) is 3.72. The highest BCUT2D eigenvalue weighted by Gasteiger charge is 2.26. The molecule has 2 aromatic carbocycles. The van der Waals surface area contributed by atoms with Crippen molar-refractivity contribution in [1.82, 2.24) is 14.5 Å². The summed E-state index contributed by atoms with van der Waals surface area (Å²) in [5.74, 6) is -1.49. The number of hydrogen-bond acceptors (Lipinski definition) is 5. The first kappa shape index (κ1) is 23.8. The molecule has 1 saturated heterocycles. The van der Waals surface area contributed by atoms with Crippen LogP contribution in [0.5, 0.6) is 0 Å². The number of para-hydroxylation sites is 1. The molecule has 0 bridgehead atoms. The Balaban J connectivity index is 1.59. The zero-order valence-corrected chi connectivity index (χ0v) is 18.9. The fourth-order valence-electron chi connectivity index (χ4n) is 3.58. The van der Waals surface area contributed by atoms with E-state index >= 15 is 0 Å². The third-order valence-corrected chi connectivity index (χ3v) is 6.86. The standard InChI is InChI=1S/C22H27FN4O4S/c1-3-16-6-4-5-7-20(16)25-21(28)15-26-10-12-27(13-11-26)22(29)18-14-17(8-9-19(18)23)32(30,31)24-2/h4-9,14,24H,3,10-13,15H2,1-2H3,(H,25,28). The van der Waals surface area contributed by atoms with Gasteiger partial charge < -0.3 is 10.2 Å². The monoisotopic (exact) mass is 462 g/mol. The Kier molecular flexibility index (Phi) is 7.60. The minimum atomic E-state index is -3.80. The van der Waals surface area contributed by atoms with Crippen molar-refractivity contribution in [3.63, 3.8) is 0 Å². The Hall–Kier alpha value is -2.82. The predicted molar refractivity (Wildman–Crippen MR) is 119 cm³/mol. The van der Waals surface area contributed by atoms with E-state index < -0.39 is 21.7 Å². The Morgan fingerprint density at radius 3 is 2.41 bits per heavy atom. The van der Waals surface area contributed by atoms with Crippen LogP contribution in [-0.2, 0) is 21.2 Å². The van der Waals surface area contributed by atoms with Crippen LogP contribution in [0.1, 0.15) is 22.8 Å². The van der Waals surface area contributed by atoms with Gasteiger partial charge in [0.1, 0.15) is 5.82 Å². The summed E-state index contributed by atoms with van der Waals surface area (Å²) >= 11 is 0. The van der Waals surface area contributed by atoms with Gasteiger partial charge in [-0.25, -0.2) is 17.5 Å². The van der Waals surface area contributed by atoms with E-state index in [2.05, 4.69) is 10.0 Å². The van der Waals surface area contributed by atoms with Crippen molar-refractivity contribution >= 4 is 27.5 Å². The maximum absolute atomic E-state index is 14.3. The van der Waals surface area contributed by atoms with Crippen LogP contribution in [0.25, 0.3) is 0 Å². The molecule has 32 heavy (non-hydrogen) atoms. The summed E-state index contributed by atoms with van der Waals surface area (Å²) in [5.41, 5.74) is 1.56. The first-order chi connectivity index (χ1) is 15.2. The number of rotatable bonds is 7. The van der Waals surface area contributed by atoms with Gasteiger partial charge in [0.05, 0.1) is 17.0 Å². The number of aryl methyl sites for hydroxylation is 1.